The Kier molecular flexibility index (Phi) is 5.67. The Bertz CT molecular complexity index is 808. The van der Waals surface area contributed by atoms with Crippen LogP contribution in [0.2, 0.25) is 0 Å². The first-order chi connectivity index (χ1) is 12.5. The molecule has 1 aliphatic heterocycles. The molecule has 0 bridgehead atoms. The van der Waals surface area contributed by atoms with Crippen LogP contribution in [-0.4, -0.2) is 33.9 Å². The van der Waals surface area contributed by atoms with Gasteiger partial charge in [0.25, 0.3) is 0 Å². The lowest BCUT2D eigenvalue weighted by Crippen LogP contribution is -2.35. The Labute approximate surface area is 161 Å². The molecule has 2 aromatic rings. The van der Waals surface area contributed by atoms with E-state index in [2.05, 4.69) is 31.2 Å². The van der Waals surface area contributed by atoms with Crippen LogP contribution < -0.4 is 16.0 Å². The summed E-state index contributed by atoms with van der Waals surface area (Å²) in [7, 11) is 0. The topological polar surface area (TPSA) is 127 Å². The zero-order chi connectivity index (χ0) is 18.7. The van der Waals surface area contributed by atoms with Crippen LogP contribution >= 0.6 is 27.3 Å². The average Bonchev–Trinajstić information content (AvgIpc) is 3.10. The van der Waals surface area contributed by atoms with Crippen LogP contribution in [0.4, 0.5) is 22.3 Å². The fourth-order valence-electron chi connectivity index (χ4n) is 3.04. The minimum Gasteiger partial charge on any atom is -0.378 e. The molecule has 9 nitrogen and oxygen atoms in total. The number of thiazole rings is 1. The SMILES string of the molecule is Nc1ncc(Br)c(N2CCC(CC(=O)Nc3nccs3)CC2)c1[N+](=O)[O-]. The number of carbonyl (C=O) groups is 1. The van der Waals surface area contributed by atoms with Gasteiger partial charge in [-0.1, -0.05) is 0 Å². The van der Waals surface area contributed by atoms with E-state index < -0.39 is 4.92 Å². The maximum absolute atomic E-state index is 12.1. The van der Waals surface area contributed by atoms with Crippen molar-refractivity contribution >= 4 is 55.5 Å². The van der Waals surface area contributed by atoms with Crippen molar-refractivity contribution in [1.82, 2.24) is 9.97 Å². The second kappa shape index (κ2) is 7.96. The number of amides is 1. The molecule has 138 valence electrons. The third-order valence-electron chi connectivity index (χ3n) is 4.28. The Morgan fingerprint density at radius 1 is 1.46 bits per heavy atom. The zero-order valence-electron chi connectivity index (χ0n) is 13.7. The van der Waals surface area contributed by atoms with Gasteiger partial charge < -0.3 is 16.0 Å². The maximum Gasteiger partial charge on any atom is 0.335 e. The zero-order valence-corrected chi connectivity index (χ0v) is 16.1. The number of nitrogens with two attached hydrogens (primary N) is 1. The number of aromatic nitrogens is 2. The molecule has 0 unspecified atom stereocenters. The van der Waals surface area contributed by atoms with E-state index in [0.29, 0.717) is 34.8 Å². The smallest absolute Gasteiger partial charge is 0.335 e. The minimum absolute atomic E-state index is 0.0567. The van der Waals surface area contributed by atoms with Gasteiger partial charge in [-0.15, -0.1) is 11.3 Å². The normalized spacial score (nSPS) is 15.0. The molecule has 0 radical (unpaired) electrons. The van der Waals surface area contributed by atoms with E-state index in [0.717, 1.165) is 12.8 Å². The van der Waals surface area contributed by atoms with Crippen LogP contribution in [-0.2, 0) is 4.79 Å². The fourth-order valence-corrected chi connectivity index (χ4v) is 4.13. The lowest BCUT2D eigenvalue weighted by Gasteiger charge is -2.33. The van der Waals surface area contributed by atoms with Crippen molar-refractivity contribution in [2.24, 2.45) is 5.92 Å². The van der Waals surface area contributed by atoms with E-state index >= 15 is 0 Å². The van der Waals surface area contributed by atoms with Crippen molar-refractivity contribution < 1.29 is 9.72 Å². The minimum atomic E-state index is -0.504. The molecule has 0 aromatic carbocycles. The first-order valence-electron chi connectivity index (χ1n) is 7.98. The largest absolute Gasteiger partial charge is 0.378 e. The van der Waals surface area contributed by atoms with E-state index in [1.807, 2.05) is 4.90 Å². The van der Waals surface area contributed by atoms with E-state index in [-0.39, 0.29) is 23.3 Å². The van der Waals surface area contributed by atoms with Crippen molar-refractivity contribution in [3.63, 3.8) is 0 Å². The molecule has 0 aliphatic carbocycles. The molecule has 3 rings (SSSR count). The second-order valence-electron chi connectivity index (χ2n) is 5.97. The molecule has 11 heteroatoms. The molecular formula is C15H17BrN6O3S. The van der Waals surface area contributed by atoms with Crippen molar-refractivity contribution in [3.8, 4) is 0 Å². The quantitative estimate of drug-likeness (QED) is 0.539. The number of nitrogens with one attached hydrogen (secondary N) is 1. The second-order valence-corrected chi connectivity index (χ2v) is 7.71. The predicted octanol–water partition coefficient (Wildman–Crippen LogP) is 3.04. The lowest BCUT2D eigenvalue weighted by atomic mass is 9.93. The Morgan fingerprint density at radius 3 is 2.81 bits per heavy atom. The summed E-state index contributed by atoms with van der Waals surface area (Å²) in [5.74, 6) is 0.0695. The third kappa shape index (κ3) is 4.10. The van der Waals surface area contributed by atoms with Crippen LogP contribution in [0, 0.1) is 16.0 Å². The number of piperidine rings is 1. The van der Waals surface area contributed by atoms with Crippen molar-refractivity contribution in [2.45, 2.75) is 19.3 Å². The van der Waals surface area contributed by atoms with Gasteiger partial charge >= 0.3 is 5.69 Å². The van der Waals surface area contributed by atoms with E-state index in [4.69, 9.17) is 5.73 Å². The highest BCUT2D eigenvalue weighted by atomic mass is 79.9. The number of nitrogens with zero attached hydrogens (tertiary/aromatic N) is 4. The van der Waals surface area contributed by atoms with E-state index in [9.17, 15) is 14.9 Å². The van der Waals surface area contributed by atoms with Crippen LogP contribution in [0.5, 0.6) is 0 Å². The molecule has 1 aliphatic rings. The molecule has 3 N–H and O–H groups in total. The predicted molar refractivity (Wildman–Crippen MR) is 103 cm³/mol. The molecule has 0 atom stereocenters. The highest BCUT2D eigenvalue weighted by Crippen LogP contribution is 2.40. The van der Waals surface area contributed by atoms with E-state index in [1.54, 1.807) is 11.6 Å². The van der Waals surface area contributed by atoms with Gasteiger partial charge in [0, 0.05) is 37.3 Å². The fraction of sp³-hybridized carbons (Fsp3) is 0.400. The summed E-state index contributed by atoms with van der Waals surface area (Å²) in [4.78, 5) is 32.8. The summed E-state index contributed by atoms with van der Waals surface area (Å²) in [6, 6.07) is 0. The maximum atomic E-state index is 12.1. The van der Waals surface area contributed by atoms with Gasteiger partial charge in [0.1, 0.15) is 5.69 Å². The monoisotopic (exact) mass is 440 g/mol. The number of hydrogen-bond donors (Lipinski definition) is 2. The summed E-state index contributed by atoms with van der Waals surface area (Å²) < 4.78 is 0.540. The Hall–Kier alpha value is -2.27. The molecule has 1 amide bonds. The third-order valence-corrected chi connectivity index (χ3v) is 5.55. The highest BCUT2D eigenvalue weighted by molar-refractivity contribution is 9.10. The summed E-state index contributed by atoms with van der Waals surface area (Å²) >= 11 is 4.72. The van der Waals surface area contributed by atoms with Gasteiger partial charge in [0.05, 0.1) is 9.40 Å². The molecule has 0 spiro atoms. The van der Waals surface area contributed by atoms with Gasteiger partial charge in [0.15, 0.2) is 5.13 Å². The number of pyridine rings is 1. The molecule has 1 saturated heterocycles. The van der Waals surface area contributed by atoms with Gasteiger partial charge in [-0.2, -0.15) is 0 Å². The van der Waals surface area contributed by atoms with Crippen LogP contribution in [0.15, 0.2) is 22.2 Å². The Balaban J connectivity index is 1.63. The summed E-state index contributed by atoms with van der Waals surface area (Å²) in [6.07, 6.45) is 5.05. The molecule has 1 fully saturated rings. The number of nitrogen functional groups attached to an aromatic ring is 1. The molecule has 26 heavy (non-hydrogen) atoms. The average molecular weight is 441 g/mol. The molecule has 2 aromatic heterocycles. The number of rotatable bonds is 5. The van der Waals surface area contributed by atoms with Crippen molar-refractivity contribution in [2.75, 3.05) is 29.0 Å². The standard InChI is InChI=1S/C15H17BrN6O3S/c16-10-8-19-14(17)13(22(24)25)12(10)21-4-1-9(2-5-21)7-11(23)20-15-18-3-6-26-15/h3,6,8-9H,1-2,4-5,7H2,(H2,17,19)(H,18,20,23). The van der Waals surface area contributed by atoms with Gasteiger partial charge in [-0.3, -0.25) is 14.9 Å². The summed E-state index contributed by atoms with van der Waals surface area (Å²) in [6.45, 7) is 1.22. The van der Waals surface area contributed by atoms with Gasteiger partial charge in [-0.25, -0.2) is 9.97 Å². The van der Waals surface area contributed by atoms with Crippen LogP contribution in [0.1, 0.15) is 19.3 Å². The summed E-state index contributed by atoms with van der Waals surface area (Å²) in [5, 5.41) is 16.6. The number of halogens is 1. The van der Waals surface area contributed by atoms with Crippen LogP contribution in [0.3, 0.4) is 0 Å². The molecule has 3 heterocycles. The Morgan fingerprint density at radius 2 is 2.19 bits per heavy atom. The van der Waals surface area contributed by atoms with E-state index in [1.165, 1.54) is 17.5 Å². The number of carbonyl (C=O) groups excluding carboxylic acids is 1. The first kappa shape index (κ1) is 18.5. The highest BCUT2D eigenvalue weighted by Gasteiger charge is 2.30. The molecular weight excluding hydrogens is 424 g/mol. The molecule has 0 saturated carbocycles. The number of anilines is 3. The van der Waals surface area contributed by atoms with Crippen LogP contribution in [0.25, 0.3) is 0 Å². The van der Waals surface area contributed by atoms with Gasteiger partial charge in [-0.05, 0) is 34.7 Å². The number of nitro groups is 1. The van der Waals surface area contributed by atoms with Gasteiger partial charge in [0.2, 0.25) is 11.7 Å². The van der Waals surface area contributed by atoms with Crippen molar-refractivity contribution in [3.05, 3.63) is 32.4 Å². The number of hydrogen-bond acceptors (Lipinski definition) is 8. The van der Waals surface area contributed by atoms with Crippen molar-refractivity contribution in [1.29, 1.82) is 0 Å². The summed E-state index contributed by atoms with van der Waals surface area (Å²) in [5.41, 5.74) is 5.97. The lowest BCUT2D eigenvalue weighted by molar-refractivity contribution is -0.383. The first-order valence-corrected chi connectivity index (χ1v) is 9.65.